The van der Waals surface area contributed by atoms with Gasteiger partial charge in [-0.1, -0.05) is 36.4 Å². The third-order valence-corrected chi connectivity index (χ3v) is 4.66. The maximum absolute atomic E-state index is 5.38. The molecule has 1 N–H and O–H groups in total. The highest BCUT2D eigenvalue weighted by molar-refractivity contribution is 5.47. The third-order valence-electron chi connectivity index (χ3n) is 4.66. The molecule has 0 spiro atoms. The van der Waals surface area contributed by atoms with Crippen LogP contribution in [0.1, 0.15) is 23.7 Å². The quantitative estimate of drug-likeness (QED) is 0.581. The molecule has 0 radical (unpaired) electrons. The van der Waals surface area contributed by atoms with E-state index in [4.69, 9.17) is 14.5 Å². The topological polar surface area (TPSA) is 59.5 Å². The molecule has 2 aromatic carbocycles. The van der Waals surface area contributed by atoms with Gasteiger partial charge in [0, 0.05) is 31.4 Å². The summed E-state index contributed by atoms with van der Waals surface area (Å²) in [6.45, 7) is 6.39. The van der Waals surface area contributed by atoms with Gasteiger partial charge in [0.1, 0.15) is 5.82 Å². The lowest BCUT2D eigenvalue weighted by Crippen LogP contribution is -2.23. The molecule has 0 aliphatic carbocycles. The van der Waals surface area contributed by atoms with E-state index in [1.165, 1.54) is 5.56 Å². The predicted molar refractivity (Wildman–Crippen MR) is 117 cm³/mol. The van der Waals surface area contributed by atoms with Crippen LogP contribution in [0.25, 0.3) is 0 Å². The lowest BCUT2D eigenvalue weighted by Gasteiger charge is -2.23. The van der Waals surface area contributed by atoms with Crippen molar-refractivity contribution in [2.75, 3.05) is 31.0 Å². The molecule has 0 unspecified atom stereocenters. The average Bonchev–Trinajstić information content (AvgIpc) is 2.76. The smallest absolute Gasteiger partial charge is 0.225 e. The highest BCUT2D eigenvalue weighted by Crippen LogP contribution is 2.28. The monoisotopic (exact) mass is 392 g/mol. The Hall–Kier alpha value is -3.28. The van der Waals surface area contributed by atoms with E-state index in [9.17, 15) is 0 Å². The summed E-state index contributed by atoms with van der Waals surface area (Å²) in [4.78, 5) is 11.5. The zero-order valence-corrected chi connectivity index (χ0v) is 17.5. The van der Waals surface area contributed by atoms with Crippen molar-refractivity contribution in [3.05, 3.63) is 71.4 Å². The first-order valence-electron chi connectivity index (χ1n) is 9.72. The average molecular weight is 393 g/mol. The number of hydrogen-bond donors (Lipinski definition) is 1. The second kappa shape index (κ2) is 9.78. The zero-order valence-electron chi connectivity index (χ0n) is 17.5. The maximum atomic E-state index is 5.38. The number of aryl methyl sites for hydroxylation is 1. The molecule has 0 amide bonds. The largest absolute Gasteiger partial charge is 0.493 e. The van der Waals surface area contributed by atoms with Crippen molar-refractivity contribution in [1.82, 2.24) is 9.97 Å². The number of methoxy groups -OCH3 is 2. The first-order chi connectivity index (χ1) is 14.1. The van der Waals surface area contributed by atoms with Crippen molar-refractivity contribution in [3.8, 4) is 11.5 Å². The molecule has 6 heteroatoms. The standard InChI is InChI=1S/C23H28N4O2/c1-5-27(16-18-9-7-6-8-10-18)22-13-17(2)25-23(26-22)24-15-19-11-12-20(28-3)21(14-19)29-4/h6-14H,5,15-16H2,1-4H3,(H,24,25,26). The van der Waals surface area contributed by atoms with Crippen LogP contribution in [0.4, 0.5) is 11.8 Å². The van der Waals surface area contributed by atoms with Crippen molar-refractivity contribution in [2.24, 2.45) is 0 Å². The SMILES string of the molecule is CCN(Cc1ccccc1)c1cc(C)nc(NCc2ccc(OC)c(OC)c2)n1. The Morgan fingerprint density at radius 3 is 2.34 bits per heavy atom. The van der Waals surface area contributed by atoms with Gasteiger partial charge in [-0.15, -0.1) is 0 Å². The minimum atomic E-state index is 0.591. The van der Waals surface area contributed by atoms with Gasteiger partial charge in [-0.05, 0) is 37.1 Å². The van der Waals surface area contributed by atoms with Crippen LogP contribution in [0.3, 0.4) is 0 Å². The molecule has 1 aromatic heterocycles. The fraction of sp³-hybridized carbons (Fsp3) is 0.304. The molecule has 0 atom stereocenters. The minimum absolute atomic E-state index is 0.591. The Bertz CT molecular complexity index is 931. The summed E-state index contributed by atoms with van der Waals surface area (Å²) in [5, 5.41) is 3.33. The molecule has 0 saturated carbocycles. The number of aromatic nitrogens is 2. The van der Waals surface area contributed by atoms with Crippen molar-refractivity contribution in [3.63, 3.8) is 0 Å². The molecule has 0 fully saturated rings. The van der Waals surface area contributed by atoms with Gasteiger partial charge in [0.05, 0.1) is 14.2 Å². The number of nitrogens with one attached hydrogen (secondary N) is 1. The fourth-order valence-corrected chi connectivity index (χ4v) is 3.12. The molecule has 3 aromatic rings. The number of benzene rings is 2. The van der Waals surface area contributed by atoms with Gasteiger partial charge < -0.3 is 19.7 Å². The highest BCUT2D eigenvalue weighted by atomic mass is 16.5. The first-order valence-corrected chi connectivity index (χ1v) is 9.72. The van der Waals surface area contributed by atoms with Crippen molar-refractivity contribution < 1.29 is 9.47 Å². The number of hydrogen-bond acceptors (Lipinski definition) is 6. The van der Waals surface area contributed by atoms with E-state index in [1.54, 1.807) is 14.2 Å². The van der Waals surface area contributed by atoms with E-state index in [2.05, 4.69) is 46.4 Å². The summed E-state index contributed by atoms with van der Waals surface area (Å²) in [7, 11) is 3.27. The summed E-state index contributed by atoms with van der Waals surface area (Å²) in [5.74, 6) is 2.95. The molecule has 0 bridgehead atoms. The third kappa shape index (κ3) is 5.38. The minimum Gasteiger partial charge on any atom is -0.493 e. The van der Waals surface area contributed by atoms with Gasteiger partial charge in [0.25, 0.3) is 0 Å². The van der Waals surface area contributed by atoms with Crippen LogP contribution in [0, 0.1) is 6.92 Å². The van der Waals surface area contributed by atoms with Crippen LogP contribution >= 0.6 is 0 Å². The Labute approximate surface area is 172 Å². The Kier molecular flexibility index (Phi) is 6.89. The summed E-state index contributed by atoms with van der Waals surface area (Å²) < 4.78 is 10.7. The van der Waals surface area contributed by atoms with Crippen LogP contribution in [0.15, 0.2) is 54.6 Å². The van der Waals surface area contributed by atoms with Crippen LogP contribution < -0.4 is 19.7 Å². The number of rotatable bonds is 9. The predicted octanol–water partition coefficient (Wildman–Crippen LogP) is 4.44. The van der Waals surface area contributed by atoms with E-state index in [-0.39, 0.29) is 0 Å². The van der Waals surface area contributed by atoms with E-state index >= 15 is 0 Å². The number of anilines is 2. The van der Waals surface area contributed by atoms with Gasteiger partial charge in [0.15, 0.2) is 11.5 Å². The molecular weight excluding hydrogens is 364 g/mol. The second-order valence-electron chi connectivity index (χ2n) is 6.73. The molecule has 0 aliphatic rings. The van der Waals surface area contributed by atoms with E-state index in [1.807, 2.05) is 37.3 Å². The zero-order chi connectivity index (χ0) is 20.6. The van der Waals surface area contributed by atoms with Gasteiger partial charge >= 0.3 is 0 Å². The summed E-state index contributed by atoms with van der Waals surface area (Å²) in [5.41, 5.74) is 3.24. The lowest BCUT2D eigenvalue weighted by atomic mass is 10.2. The normalized spacial score (nSPS) is 10.5. The molecule has 1 heterocycles. The fourth-order valence-electron chi connectivity index (χ4n) is 3.12. The Balaban J connectivity index is 1.74. The van der Waals surface area contributed by atoms with Crippen LogP contribution in [0.2, 0.25) is 0 Å². The highest BCUT2D eigenvalue weighted by Gasteiger charge is 2.11. The van der Waals surface area contributed by atoms with E-state index < -0.39 is 0 Å². The number of ether oxygens (including phenoxy) is 2. The van der Waals surface area contributed by atoms with Gasteiger partial charge in [-0.2, -0.15) is 4.98 Å². The van der Waals surface area contributed by atoms with Crippen LogP contribution in [-0.2, 0) is 13.1 Å². The summed E-state index contributed by atoms with van der Waals surface area (Å²) in [6.07, 6.45) is 0. The van der Waals surface area contributed by atoms with Gasteiger partial charge in [0.2, 0.25) is 5.95 Å². The number of nitrogens with zero attached hydrogens (tertiary/aromatic N) is 3. The van der Waals surface area contributed by atoms with E-state index in [0.717, 1.165) is 30.2 Å². The van der Waals surface area contributed by atoms with Crippen LogP contribution in [0.5, 0.6) is 11.5 Å². The molecule has 29 heavy (non-hydrogen) atoms. The van der Waals surface area contributed by atoms with E-state index in [0.29, 0.717) is 24.0 Å². The Morgan fingerprint density at radius 2 is 1.66 bits per heavy atom. The summed E-state index contributed by atoms with van der Waals surface area (Å²) in [6, 6.07) is 18.3. The second-order valence-corrected chi connectivity index (χ2v) is 6.73. The summed E-state index contributed by atoms with van der Waals surface area (Å²) >= 11 is 0. The molecule has 0 aliphatic heterocycles. The molecule has 152 valence electrons. The molecule has 0 saturated heterocycles. The molecule has 3 rings (SSSR count). The van der Waals surface area contributed by atoms with Crippen molar-refractivity contribution in [2.45, 2.75) is 26.9 Å². The first kappa shape index (κ1) is 20.5. The molecular formula is C23H28N4O2. The van der Waals surface area contributed by atoms with Crippen molar-refractivity contribution >= 4 is 11.8 Å². The van der Waals surface area contributed by atoms with Gasteiger partial charge in [-0.25, -0.2) is 4.98 Å². The lowest BCUT2D eigenvalue weighted by molar-refractivity contribution is 0.354. The van der Waals surface area contributed by atoms with Crippen LogP contribution in [-0.4, -0.2) is 30.7 Å². The van der Waals surface area contributed by atoms with Crippen molar-refractivity contribution in [1.29, 1.82) is 0 Å². The maximum Gasteiger partial charge on any atom is 0.225 e. The van der Waals surface area contributed by atoms with Gasteiger partial charge in [-0.3, -0.25) is 0 Å². The molecule has 6 nitrogen and oxygen atoms in total. The Morgan fingerprint density at radius 1 is 0.897 bits per heavy atom.